The number of ether oxygens (including phenoxy) is 16. The number of benzene rings is 1. The number of urea groups is 1. The van der Waals surface area contributed by atoms with Crippen LogP contribution in [0.5, 0.6) is 0 Å². The zero-order valence-electron chi connectivity index (χ0n) is 55.6. The van der Waals surface area contributed by atoms with Gasteiger partial charge in [-0.2, -0.15) is 11.8 Å². The number of carbonyl (C=O) groups is 5. The third-order valence-electron chi connectivity index (χ3n) is 15.0. The molecule has 3 saturated heterocycles. The maximum Gasteiger partial charge on any atom is 0.364 e. The predicted octanol–water partition coefficient (Wildman–Crippen LogP) is -2.55. The Balaban J connectivity index is 0.746. The fourth-order valence-corrected chi connectivity index (χ4v) is 11.4. The van der Waals surface area contributed by atoms with Gasteiger partial charge in [-0.1, -0.05) is 35.9 Å². The minimum Gasteiger partial charge on any atom is -0.477 e. The van der Waals surface area contributed by atoms with E-state index in [1.165, 1.54) is 7.11 Å². The van der Waals surface area contributed by atoms with Crippen LogP contribution in [0.3, 0.4) is 0 Å². The van der Waals surface area contributed by atoms with Crippen LogP contribution in [0.4, 0.5) is 4.79 Å². The molecular formula is C62H104N8O26S. The number of methoxy groups -OCH3 is 1. The second-order valence-corrected chi connectivity index (χ2v) is 23.6. The number of carboxylic acids is 1. The lowest BCUT2D eigenvalue weighted by Crippen LogP contribution is -2.68. The van der Waals surface area contributed by atoms with E-state index in [2.05, 4.69) is 36.9 Å². The summed E-state index contributed by atoms with van der Waals surface area (Å²) in [6.45, 7) is 9.58. The lowest BCUT2D eigenvalue weighted by atomic mass is 9.88. The quantitative estimate of drug-likeness (QED) is 0.0241. The van der Waals surface area contributed by atoms with Crippen LogP contribution in [0.25, 0.3) is 11.3 Å². The molecular weight excluding hydrogens is 1300 g/mol. The largest absolute Gasteiger partial charge is 0.477 e. The van der Waals surface area contributed by atoms with Gasteiger partial charge < -0.3 is 128 Å². The summed E-state index contributed by atoms with van der Waals surface area (Å²) in [5.41, 5.74) is 1.95. The van der Waals surface area contributed by atoms with Crippen molar-refractivity contribution in [1.82, 2.24) is 41.6 Å². The lowest BCUT2D eigenvalue weighted by molar-refractivity contribution is -0.312. The number of rotatable bonds is 61. The molecule has 34 nitrogen and oxygen atoms in total. The SMILES string of the molecule is COCCOCCOCCO[C@]1(C(=O)O)C[C@H](O)[C@@H](NC(=O)CO)[C@H]([C@H](O)[C@H](O)CNC(=O)Cc2ccc(-c3cn(CCOCCOCCOCCOCCOCCOCCOCCOCCOCCOCCOCCNC(=O)CCCC[C@@H]4SC[C@@H]5NC(=O)N[C@@H]54)nn3)cc2)O1. The second kappa shape index (κ2) is 51.2. The summed E-state index contributed by atoms with van der Waals surface area (Å²) in [7, 11) is 1.53. The van der Waals surface area contributed by atoms with Crippen LogP contribution in [0, 0.1) is 0 Å². The number of aliphatic hydroxyl groups excluding tert-OH is 4. The number of nitrogens with one attached hydrogen (secondary N) is 5. The molecule has 4 heterocycles. The highest BCUT2D eigenvalue weighted by molar-refractivity contribution is 8.00. The number of aliphatic carboxylic acids is 1. The van der Waals surface area contributed by atoms with Crippen molar-refractivity contribution in [2.75, 3.05) is 218 Å². The highest BCUT2D eigenvalue weighted by Crippen LogP contribution is 2.35. The van der Waals surface area contributed by atoms with E-state index in [1.807, 2.05) is 11.8 Å². The highest BCUT2D eigenvalue weighted by Gasteiger charge is 2.56. The van der Waals surface area contributed by atoms with Crippen molar-refractivity contribution >= 4 is 41.5 Å². The molecule has 9 atom stereocenters. The Bertz CT molecular complexity index is 2430. The molecule has 0 radical (unpaired) electrons. The number of fused-ring (bicyclic) bond motifs is 1. The molecule has 5 rings (SSSR count). The van der Waals surface area contributed by atoms with Gasteiger partial charge >= 0.3 is 12.0 Å². The van der Waals surface area contributed by atoms with Gasteiger partial charge in [0.2, 0.25) is 17.7 Å². The summed E-state index contributed by atoms with van der Waals surface area (Å²) in [6.07, 6.45) is -3.04. The zero-order valence-corrected chi connectivity index (χ0v) is 56.5. The number of hydrogen-bond donors (Lipinski definition) is 10. The first-order chi connectivity index (χ1) is 47.3. The van der Waals surface area contributed by atoms with Gasteiger partial charge in [0.15, 0.2) is 0 Å². The summed E-state index contributed by atoms with van der Waals surface area (Å²) in [4.78, 5) is 61.3. The Hall–Kier alpha value is -4.94. The summed E-state index contributed by atoms with van der Waals surface area (Å²) >= 11 is 1.89. The molecule has 3 aliphatic rings. The molecule has 0 bridgehead atoms. The predicted molar refractivity (Wildman–Crippen MR) is 345 cm³/mol. The summed E-state index contributed by atoms with van der Waals surface area (Å²) < 4.78 is 89.6. The molecule has 35 heteroatoms. The number of unbranched alkanes of at least 4 members (excludes halogenated alkanes) is 1. The van der Waals surface area contributed by atoms with Gasteiger partial charge in [0, 0.05) is 49.6 Å². The Kier molecular flexibility index (Phi) is 43.7. The molecule has 554 valence electrons. The van der Waals surface area contributed by atoms with Crippen molar-refractivity contribution in [3.8, 4) is 11.3 Å². The normalized spacial score (nSPS) is 20.5. The number of aliphatic hydroxyl groups is 4. The molecule has 1 aromatic carbocycles. The zero-order chi connectivity index (χ0) is 69.4. The molecule has 0 saturated carbocycles. The van der Waals surface area contributed by atoms with Gasteiger partial charge in [-0.05, 0) is 18.4 Å². The number of carbonyl (C=O) groups excluding carboxylic acids is 4. The van der Waals surface area contributed by atoms with Crippen LogP contribution in [-0.2, 0) is 108 Å². The van der Waals surface area contributed by atoms with Crippen LogP contribution in [-0.4, -0.2) is 341 Å². The molecule has 3 fully saturated rings. The van der Waals surface area contributed by atoms with Crippen molar-refractivity contribution < 1.29 is 125 Å². The Labute approximate surface area is 569 Å². The number of carboxylic acid groups (broad SMARTS) is 1. The highest BCUT2D eigenvalue weighted by atomic mass is 32.2. The third kappa shape index (κ3) is 34.8. The lowest BCUT2D eigenvalue weighted by Gasteiger charge is -2.46. The average Bonchev–Trinajstić information content (AvgIpc) is 1.57. The molecule has 3 aliphatic heterocycles. The molecule has 2 aromatic rings. The smallest absolute Gasteiger partial charge is 0.364 e. The number of hydrogen-bond acceptors (Lipinski definition) is 28. The van der Waals surface area contributed by atoms with E-state index in [-0.39, 0.29) is 56.9 Å². The van der Waals surface area contributed by atoms with Crippen molar-refractivity contribution in [2.24, 2.45) is 0 Å². The maximum absolute atomic E-state index is 13.0. The van der Waals surface area contributed by atoms with Gasteiger partial charge in [0.1, 0.15) is 24.5 Å². The van der Waals surface area contributed by atoms with Crippen LogP contribution in [0.2, 0.25) is 0 Å². The van der Waals surface area contributed by atoms with E-state index in [9.17, 15) is 49.5 Å². The van der Waals surface area contributed by atoms with E-state index in [4.69, 9.17) is 75.8 Å². The topological polar surface area (TPSA) is 425 Å². The van der Waals surface area contributed by atoms with Gasteiger partial charge in [0.05, 0.1) is 234 Å². The summed E-state index contributed by atoms with van der Waals surface area (Å²) in [5.74, 6) is -4.72. The molecule has 0 spiro atoms. The molecule has 97 heavy (non-hydrogen) atoms. The van der Waals surface area contributed by atoms with Crippen molar-refractivity contribution in [1.29, 1.82) is 0 Å². The van der Waals surface area contributed by atoms with E-state index >= 15 is 0 Å². The standard InChI is InChI=1S/C62H104N8O26S/c1-81-14-15-84-20-37-94-38-39-95-62(60(78)79)41-50(72)57(66-55(76)44-71)59(96-62)58(77)51(73)42-64-54(75)40-46-6-8-47(9-7-46)48-43-70(69-68-48)11-13-83-17-19-86-22-24-88-26-28-90-30-32-92-34-36-93-35-33-91-31-29-89-27-25-87-23-21-85-18-16-82-12-10-63-53(74)5-3-2-4-52-56-49(45-97-52)65-61(80)67-56/h6-9,43,49-52,56-59,71-73,77H,2-5,10-42,44-45H2,1H3,(H,63,74)(H,64,75)(H,66,76)(H,78,79)(H2,65,67,80)/t49-,50-,51+,52-,56-,57+,58+,59+,62+/m0/s1. The average molecular weight is 1410 g/mol. The minimum absolute atomic E-state index is 0.0261. The molecule has 10 N–H and O–H groups in total. The second-order valence-electron chi connectivity index (χ2n) is 22.3. The first-order valence-electron chi connectivity index (χ1n) is 33.0. The van der Waals surface area contributed by atoms with E-state index in [0.29, 0.717) is 195 Å². The molecule has 0 aliphatic carbocycles. The monoisotopic (exact) mass is 1410 g/mol. The summed E-state index contributed by atoms with van der Waals surface area (Å²) in [6, 6.07) is 5.84. The van der Waals surface area contributed by atoms with Crippen molar-refractivity contribution in [2.45, 2.75) is 98.6 Å². The Morgan fingerprint density at radius 2 is 1.16 bits per heavy atom. The van der Waals surface area contributed by atoms with Crippen LogP contribution in [0.1, 0.15) is 37.7 Å². The maximum atomic E-state index is 13.0. The van der Waals surface area contributed by atoms with Crippen LogP contribution >= 0.6 is 11.8 Å². The fourth-order valence-electron chi connectivity index (χ4n) is 9.90. The van der Waals surface area contributed by atoms with Gasteiger partial charge in [-0.15, -0.1) is 5.10 Å². The Morgan fingerprint density at radius 3 is 1.68 bits per heavy atom. The van der Waals surface area contributed by atoms with Crippen molar-refractivity contribution in [3.05, 3.63) is 36.0 Å². The van der Waals surface area contributed by atoms with Crippen LogP contribution in [0.15, 0.2) is 30.5 Å². The van der Waals surface area contributed by atoms with E-state index in [1.54, 1.807) is 35.1 Å². The minimum atomic E-state index is -2.53. The first kappa shape index (κ1) is 82.7. The number of thioether (sulfide) groups is 1. The third-order valence-corrected chi connectivity index (χ3v) is 16.5. The molecule has 1 aromatic heterocycles. The number of nitrogens with zero attached hydrogens (tertiary/aromatic N) is 3. The molecule has 5 amide bonds. The number of amides is 5. The number of aromatic nitrogens is 3. The fraction of sp³-hybridized carbons (Fsp3) is 0.790. The van der Waals surface area contributed by atoms with Crippen molar-refractivity contribution in [3.63, 3.8) is 0 Å². The van der Waals surface area contributed by atoms with Gasteiger partial charge in [-0.3, -0.25) is 14.4 Å². The Morgan fingerprint density at radius 1 is 0.660 bits per heavy atom. The van der Waals surface area contributed by atoms with Crippen LogP contribution < -0.4 is 26.6 Å². The van der Waals surface area contributed by atoms with Gasteiger partial charge in [0.25, 0.3) is 5.79 Å². The van der Waals surface area contributed by atoms with E-state index < -0.39 is 73.6 Å². The summed E-state index contributed by atoms with van der Waals surface area (Å²) in [5, 5.41) is 75.2. The van der Waals surface area contributed by atoms with E-state index in [0.717, 1.165) is 30.6 Å². The molecule has 0 unspecified atom stereocenters. The van der Waals surface area contributed by atoms with Gasteiger partial charge in [-0.25, -0.2) is 14.3 Å². The first-order valence-corrected chi connectivity index (χ1v) is 34.1.